The molecule has 0 saturated carbocycles. The van der Waals surface area contributed by atoms with Gasteiger partial charge in [0.1, 0.15) is 6.04 Å². The van der Waals surface area contributed by atoms with Gasteiger partial charge in [-0.3, -0.25) is 14.9 Å². The fourth-order valence-corrected chi connectivity index (χ4v) is 0.750. The van der Waals surface area contributed by atoms with Crippen molar-refractivity contribution in [3.63, 3.8) is 0 Å². The predicted octanol–water partition coefficient (Wildman–Crippen LogP) is -0.685. The molecule has 0 aromatic heterocycles. The van der Waals surface area contributed by atoms with E-state index in [1.165, 1.54) is 6.92 Å². The molecular weight excluding hydrogens is 210 g/mol. The number of primary amides is 1. The Morgan fingerprint density at radius 1 is 1.43 bits per heavy atom. The second-order valence-electron chi connectivity index (χ2n) is 2.58. The minimum atomic E-state index is -0.821. The van der Waals surface area contributed by atoms with Crippen LogP contribution in [0.2, 0.25) is 0 Å². The number of rotatable bonds is 4. The third-order valence-electron chi connectivity index (χ3n) is 1.35. The zero-order chi connectivity index (χ0) is 11.1. The summed E-state index contributed by atoms with van der Waals surface area (Å²) in [7, 11) is 0. The molecule has 80 valence electrons. The van der Waals surface area contributed by atoms with Crippen molar-refractivity contribution in [2.24, 2.45) is 5.73 Å². The van der Waals surface area contributed by atoms with Gasteiger partial charge in [-0.15, -0.1) is 11.6 Å². The quantitative estimate of drug-likeness (QED) is 0.548. The summed E-state index contributed by atoms with van der Waals surface area (Å²) in [5.41, 5.74) is 4.89. The molecule has 1 atom stereocenters. The zero-order valence-corrected chi connectivity index (χ0v) is 8.43. The Bertz CT molecular complexity index is 244. The second kappa shape index (κ2) is 6.20. The molecule has 1 unspecified atom stereocenters. The molecule has 0 aromatic rings. The average Bonchev–Trinajstić information content (AvgIpc) is 2.03. The molecule has 0 aliphatic heterocycles. The Labute approximate surface area is 86.2 Å². The van der Waals surface area contributed by atoms with E-state index in [0.29, 0.717) is 0 Å². The average molecular weight is 222 g/mol. The number of halogens is 1. The molecule has 4 N–H and O–H groups in total. The molecule has 0 spiro atoms. The zero-order valence-electron chi connectivity index (χ0n) is 7.67. The van der Waals surface area contributed by atoms with Gasteiger partial charge in [0.2, 0.25) is 11.8 Å². The van der Waals surface area contributed by atoms with Crippen molar-refractivity contribution < 1.29 is 14.4 Å². The highest BCUT2D eigenvalue weighted by Gasteiger charge is 2.13. The molecule has 0 radical (unpaired) electrons. The fraction of sp³-hybridized carbons (Fsp3) is 0.571. The van der Waals surface area contributed by atoms with E-state index in [9.17, 15) is 14.4 Å². The van der Waals surface area contributed by atoms with Gasteiger partial charge in [0.05, 0.1) is 0 Å². The monoisotopic (exact) mass is 221 g/mol. The van der Waals surface area contributed by atoms with Crippen LogP contribution in [0.5, 0.6) is 0 Å². The van der Waals surface area contributed by atoms with Crippen LogP contribution in [0, 0.1) is 0 Å². The molecule has 0 saturated heterocycles. The van der Waals surface area contributed by atoms with Crippen LogP contribution in [-0.4, -0.2) is 29.8 Å². The smallest absolute Gasteiger partial charge is 0.322 e. The molecule has 7 heteroatoms. The largest absolute Gasteiger partial charge is 0.368 e. The number of carbonyl (C=O) groups is 3. The van der Waals surface area contributed by atoms with Crippen LogP contribution in [0.1, 0.15) is 13.3 Å². The summed E-state index contributed by atoms with van der Waals surface area (Å²) >= 11 is 5.27. The highest BCUT2D eigenvalue weighted by Crippen LogP contribution is 1.84. The summed E-state index contributed by atoms with van der Waals surface area (Å²) in [4.78, 5) is 32.3. The predicted molar refractivity (Wildman–Crippen MR) is 50.7 cm³/mol. The van der Waals surface area contributed by atoms with Gasteiger partial charge in [0, 0.05) is 12.3 Å². The van der Waals surface area contributed by atoms with Gasteiger partial charge in [-0.05, 0) is 6.92 Å². The summed E-state index contributed by atoms with van der Waals surface area (Å²) in [6.45, 7) is 1.41. The number of amides is 4. The van der Waals surface area contributed by atoms with Gasteiger partial charge < -0.3 is 11.1 Å². The van der Waals surface area contributed by atoms with Crippen molar-refractivity contribution in [1.29, 1.82) is 0 Å². The van der Waals surface area contributed by atoms with Crippen molar-refractivity contribution in [3.8, 4) is 0 Å². The number of carbonyl (C=O) groups excluding carboxylic acids is 3. The first-order chi connectivity index (χ1) is 6.47. The normalized spacial score (nSPS) is 11.6. The SMILES string of the molecule is CC(NC(=O)NC(=O)CCCl)C(N)=O. The standard InChI is InChI=1S/C7H12ClN3O3/c1-4(6(9)13)10-7(14)11-5(12)2-3-8/h4H,2-3H2,1H3,(H2,9,13)(H2,10,11,12,14). The minimum absolute atomic E-state index is 0.0416. The van der Waals surface area contributed by atoms with Crippen molar-refractivity contribution in [2.75, 3.05) is 5.88 Å². The summed E-state index contributed by atoms with van der Waals surface area (Å²) in [5.74, 6) is -1.05. The van der Waals surface area contributed by atoms with Crippen LogP contribution < -0.4 is 16.4 Å². The number of nitrogens with two attached hydrogens (primary N) is 1. The van der Waals surface area contributed by atoms with E-state index < -0.39 is 23.9 Å². The maximum Gasteiger partial charge on any atom is 0.322 e. The maximum absolute atomic E-state index is 10.9. The van der Waals surface area contributed by atoms with Crippen LogP contribution in [0.15, 0.2) is 0 Å². The molecule has 0 aromatic carbocycles. The van der Waals surface area contributed by atoms with Gasteiger partial charge >= 0.3 is 6.03 Å². The Balaban J connectivity index is 3.86. The third kappa shape index (κ3) is 5.36. The number of hydrogen-bond donors (Lipinski definition) is 3. The lowest BCUT2D eigenvalue weighted by molar-refractivity contribution is -0.121. The number of imide groups is 1. The Kier molecular flexibility index (Phi) is 5.62. The van der Waals surface area contributed by atoms with Crippen LogP contribution in [-0.2, 0) is 9.59 Å². The van der Waals surface area contributed by atoms with Crippen LogP contribution >= 0.6 is 11.6 Å². The molecule has 4 amide bonds. The third-order valence-corrected chi connectivity index (χ3v) is 1.54. The van der Waals surface area contributed by atoms with E-state index in [1.807, 2.05) is 5.32 Å². The second-order valence-corrected chi connectivity index (χ2v) is 2.96. The molecule has 6 nitrogen and oxygen atoms in total. The molecule has 0 fully saturated rings. The van der Waals surface area contributed by atoms with Crippen LogP contribution in [0.3, 0.4) is 0 Å². The summed E-state index contributed by atoms with van der Waals surface area (Å²) < 4.78 is 0. The first-order valence-electron chi connectivity index (χ1n) is 3.93. The molecule has 0 aliphatic carbocycles. The molecule has 0 bridgehead atoms. The van der Waals surface area contributed by atoms with E-state index in [1.54, 1.807) is 0 Å². The number of alkyl halides is 1. The van der Waals surface area contributed by atoms with Crippen molar-refractivity contribution in [2.45, 2.75) is 19.4 Å². The van der Waals surface area contributed by atoms with Crippen molar-refractivity contribution in [3.05, 3.63) is 0 Å². The van der Waals surface area contributed by atoms with Crippen LogP contribution in [0.25, 0.3) is 0 Å². The lowest BCUT2D eigenvalue weighted by atomic mass is 10.3. The number of hydrogen-bond acceptors (Lipinski definition) is 3. The first-order valence-corrected chi connectivity index (χ1v) is 4.46. The maximum atomic E-state index is 10.9. The molecular formula is C7H12ClN3O3. The summed E-state index contributed by atoms with van der Waals surface area (Å²) in [6, 6.07) is -1.58. The van der Waals surface area contributed by atoms with Gasteiger partial charge in [-0.25, -0.2) is 4.79 Å². The number of urea groups is 1. The van der Waals surface area contributed by atoms with Crippen molar-refractivity contribution in [1.82, 2.24) is 10.6 Å². The van der Waals surface area contributed by atoms with E-state index in [4.69, 9.17) is 17.3 Å². The first kappa shape index (κ1) is 12.7. The highest BCUT2D eigenvalue weighted by atomic mass is 35.5. The molecule has 14 heavy (non-hydrogen) atoms. The van der Waals surface area contributed by atoms with E-state index in [-0.39, 0.29) is 12.3 Å². The number of nitrogens with one attached hydrogen (secondary N) is 2. The Morgan fingerprint density at radius 3 is 2.43 bits per heavy atom. The molecule has 0 aliphatic rings. The fourth-order valence-electron chi connectivity index (χ4n) is 0.579. The lowest BCUT2D eigenvalue weighted by Gasteiger charge is -2.09. The summed E-state index contributed by atoms with van der Waals surface area (Å²) in [6.07, 6.45) is 0.0416. The topological polar surface area (TPSA) is 101 Å². The van der Waals surface area contributed by atoms with Crippen LogP contribution in [0.4, 0.5) is 4.79 Å². The van der Waals surface area contributed by atoms with Crippen molar-refractivity contribution >= 4 is 29.4 Å². The molecule has 0 heterocycles. The van der Waals surface area contributed by atoms with E-state index in [0.717, 1.165) is 0 Å². The van der Waals surface area contributed by atoms with Gasteiger partial charge in [0.15, 0.2) is 0 Å². The van der Waals surface area contributed by atoms with Gasteiger partial charge in [0.25, 0.3) is 0 Å². The highest BCUT2D eigenvalue weighted by molar-refractivity contribution is 6.19. The lowest BCUT2D eigenvalue weighted by Crippen LogP contribution is -2.48. The van der Waals surface area contributed by atoms with Gasteiger partial charge in [-0.1, -0.05) is 0 Å². The van der Waals surface area contributed by atoms with E-state index in [2.05, 4.69) is 5.32 Å². The summed E-state index contributed by atoms with van der Waals surface area (Å²) in [5, 5.41) is 4.17. The van der Waals surface area contributed by atoms with Gasteiger partial charge in [-0.2, -0.15) is 0 Å². The minimum Gasteiger partial charge on any atom is -0.368 e. The van der Waals surface area contributed by atoms with E-state index >= 15 is 0 Å². The molecule has 0 rings (SSSR count). The Morgan fingerprint density at radius 2 is 2.00 bits per heavy atom. The Hall–Kier alpha value is -1.30.